The monoisotopic (exact) mass is 312 g/mol. The first-order chi connectivity index (χ1) is 9.03. The zero-order valence-electron chi connectivity index (χ0n) is 9.63. The summed E-state index contributed by atoms with van der Waals surface area (Å²) in [6.45, 7) is 0.193. The average molecular weight is 313 g/mol. The van der Waals surface area contributed by atoms with Crippen LogP contribution in [0.1, 0.15) is 11.1 Å². The molecule has 0 saturated heterocycles. The number of nitrogens with one attached hydrogen (secondary N) is 1. The van der Waals surface area contributed by atoms with E-state index in [-0.39, 0.29) is 22.0 Å². The lowest BCUT2D eigenvalue weighted by Crippen LogP contribution is -2.23. The van der Waals surface area contributed by atoms with Gasteiger partial charge in [-0.05, 0) is 40.6 Å². The average Bonchev–Trinajstić information content (AvgIpc) is 2.90. The van der Waals surface area contributed by atoms with E-state index in [0.29, 0.717) is 0 Å². The Hall–Kier alpha value is -1.39. The van der Waals surface area contributed by atoms with E-state index in [0.717, 1.165) is 5.56 Å². The van der Waals surface area contributed by atoms with Crippen LogP contribution in [0, 0.1) is 11.3 Å². The van der Waals surface area contributed by atoms with Gasteiger partial charge >= 0.3 is 0 Å². The van der Waals surface area contributed by atoms with Gasteiger partial charge in [-0.1, -0.05) is 11.6 Å². The van der Waals surface area contributed by atoms with Gasteiger partial charge in [-0.15, -0.1) is 0 Å². The molecule has 0 spiro atoms. The van der Waals surface area contributed by atoms with E-state index in [9.17, 15) is 8.42 Å². The molecule has 7 heteroatoms. The highest BCUT2D eigenvalue weighted by atomic mass is 35.5. The van der Waals surface area contributed by atoms with Crippen molar-refractivity contribution in [3.05, 3.63) is 51.2 Å². The highest BCUT2D eigenvalue weighted by molar-refractivity contribution is 7.89. The first-order valence-electron chi connectivity index (χ1n) is 5.23. The maximum absolute atomic E-state index is 12.1. The number of hydrogen-bond donors (Lipinski definition) is 1. The minimum Gasteiger partial charge on any atom is -0.207 e. The van der Waals surface area contributed by atoms with Gasteiger partial charge in [0.2, 0.25) is 10.0 Å². The summed E-state index contributed by atoms with van der Waals surface area (Å²) < 4.78 is 26.7. The second kappa shape index (κ2) is 5.72. The van der Waals surface area contributed by atoms with Crippen molar-refractivity contribution in [2.45, 2.75) is 11.4 Å². The number of hydrogen-bond acceptors (Lipinski definition) is 4. The molecule has 0 amide bonds. The zero-order valence-corrected chi connectivity index (χ0v) is 12.0. The summed E-state index contributed by atoms with van der Waals surface area (Å²) in [4.78, 5) is -0.0801. The molecule has 1 aromatic carbocycles. The summed E-state index contributed by atoms with van der Waals surface area (Å²) in [5, 5.41) is 12.6. The van der Waals surface area contributed by atoms with Crippen molar-refractivity contribution in [2.24, 2.45) is 0 Å². The number of rotatable bonds is 4. The predicted octanol–water partition coefficient (Wildman–Crippen LogP) is 2.75. The minimum absolute atomic E-state index is 0.0801. The number of nitrogens with zero attached hydrogens (tertiary/aromatic N) is 1. The topological polar surface area (TPSA) is 70.0 Å². The molecule has 0 radical (unpaired) electrons. The van der Waals surface area contributed by atoms with Gasteiger partial charge in [-0.2, -0.15) is 16.6 Å². The summed E-state index contributed by atoms with van der Waals surface area (Å²) >= 11 is 7.36. The van der Waals surface area contributed by atoms with Crippen LogP contribution in [0.4, 0.5) is 0 Å². The fourth-order valence-electron chi connectivity index (χ4n) is 1.43. The van der Waals surface area contributed by atoms with Crippen LogP contribution < -0.4 is 4.72 Å². The molecule has 1 aromatic heterocycles. The van der Waals surface area contributed by atoms with Crippen LogP contribution in [0.25, 0.3) is 0 Å². The van der Waals surface area contributed by atoms with E-state index < -0.39 is 10.0 Å². The number of sulfonamides is 1. The molecule has 0 bridgehead atoms. The van der Waals surface area contributed by atoms with Crippen molar-refractivity contribution in [3.63, 3.8) is 0 Å². The van der Waals surface area contributed by atoms with Crippen LogP contribution in [0.3, 0.4) is 0 Å². The summed E-state index contributed by atoms with van der Waals surface area (Å²) in [5.74, 6) is 0. The highest BCUT2D eigenvalue weighted by Gasteiger charge is 2.18. The number of benzene rings is 1. The molecule has 2 aromatic rings. The number of nitriles is 1. The van der Waals surface area contributed by atoms with Crippen molar-refractivity contribution in [2.75, 3.05) is 0 Å². The Bertz CT molecular complexity index is 719. The SMILES string of the molecule is N#Cc1ccc(Cl)c(S(=O)(=O)NCc2ccsc2)c1. The van der Waals surface area contributed by atoms with Gasteiger partial charge < -0.3 is 0 Å². The van der Waals surface area contributed by atoms with Crippen LogP contribution in [0.2, 0.25) is 5.02 Å². The molecular formula is C12H9ClN2O2S2. The van der Waals surface area contributed by atoms with Gasteiger partial charge in [-0.25, -0.2) is 13.1 Å². The molecule has 0 fully saturated rings. The van der Waals surface area contributed by atoms with Gasteiger partial charge in [0.1, 0.15) is 4.90 Å². The third-order valence-electron chi connectivity index (χ3n) is 2.40. The normalized spacial score (nSPS) is 11.2. The highest BCUT2D eigenvalue weighted by Crippen LogP contribution is 2.22. The summed E-state index contributed by atoms with van der Waals surface area (Å²) in [6.07, 6.45) is 0. The van der Waals surface area contributed by atoms with Crippen molar-refractivity contribution in [3.8, 4) is 6.07 Å². The van der Waals surface area contributed by atoms with Crippen LogP contribution in [-0.2, 0) is 16.6 Å². The summed E-state index contributed by atoms with van der Waals surface area (Å²) in [5.41, 5.74) is 1.13. The Morgan fingerprint density at radius 1 is 1.37 bits per heavy atom. The van der Waals surface area contributed by atoms with Gasteiger partial charge in [0.25, 0.3) is 0 Å². The Morgan fingerprint density at radius 2 is 2.16 bits per heavy atom. The second-order valence-electron chi connectivity index (χ2n) is 3.71. The lowest BCUT2D eigenvalue weighted by molar-refractivity contribution is 0.581. The molecule has 0 unspecified atom stereocenters. The molecule has 19 heavy (non-hydrogen) atoms. The molecule has 0 aliphatic heterocycles. The fourth-order valence-corrected chi connectivity index (χ4v) is 3.64. The molecule has 0 atom stereocenters. The molecule has 4 nitrogen and oxygen atoms in total. The smallest absolute Gasteiger partial charge is 0.207 e. The van der Waals surface area contributed by atoms with Crippen molar-refractivity contribution < 1.29 is 8.42 Å². The second-order valence-corrected chi connectivity index (χ2v) is 6.64. The van der Waals surface area contributed by atoms with Crippen LogP contribution in [0.5, 0.6) is 0 Å². The quantitative estimate of drug-likeness (QED) is 0.943. The fraction of sp³-hybridized carbons (Fsp3) is 0.0833. The summed E-state index contributed by atoms with van der Waals surface area (Å²) in [6, 6.07) is 7.86. The van der Waals surface area contributed by atoms with Gasteiger partial charge in [0, 0.05) is 6.54 Å². The molecule has 2 rings (SSSR count). The standard InChI is InChI=1S/C12H9ClN2O2S2/c13-11-2-1-9(6-14)5-12(11)19(16,17)15-7-10-3-4-18-8-10/h1-5,8,15H,7H2. The van der Waals surface area contributed by atoms with Crippen molar-refractivity contribution in [1.82, 2.24) is 4.72 Å². The molecule has 1 heterocycles. The van der Waals surface area contributed by atoms with Crippen molar-refractivity contribution in [1.29, 1.82) is 5.26 Å². The van der Waals surface area contributed by atoms with Gasteiger partial charge in [0.05, 0.1) is 16.7 Å². The van der Waals surface area contributed by atoms with E-state index in [4.69, 9.17) is 16.9 Å². The summed E-state index contributed by atoms with van der Waals surface area (Å²) in [7, 11) is -3.73. The Kier molecular flexibility index (Phi) is 4.22. The third-order valence-corrected chi connectivity index (χ3v) is 5.01. The van der Waals surface area contributed by atoms with Crippen LogP contribution >= 0.6 is 22.9 Å². The van der Waals surface area contributed by atoms with E-state index in [1.54, 1.807) is 0 Å². The third kappa shape index (κ3) is 3.33. The first-order valence-corrected chi connectivity index (χ1v) is 8.04. The Morgan fingerprint density at radius 3 is 2.79 bits per heavy atom. The largest absolute Gasteiger partial charge is 0.242 e. The van der Waals surface area contributed by atoms with E-state index in [1.807, 2.05) is 22.9 Å². The lowest BCUT2D eigenvalue weighted by atomic mass is 10.2. The molecule has 1 N–H and O–H groups in total. The van der Waals surface area contributed by atoms with E-state index >= 15 is 0 Å². The lowest BCUT2D eigenvalue weighted by Gasteiger charge is -2.07. The molecule has 0 aliphatic carbocycles. The first kappa shape index (κ1) is 14.0. The van der Waals surface area contributed by atoms with E-state index in [2.05, 4.69) is 4.72 Å². The molecule has 98 valence electrons. The van der Waals surface area contributed by atoms with Crippen LogP contribution in [-0.4, -0.2) is 8.42 Å². The van der Waals surface area contributed by atoms with Crippen LogP contribution in [0.15, 0.2) is 39.9 Å². The Balaban J connectivity index is 2.27. The Labute approximate surface area is 120 Å². The maximum atomic E-state index is 12.1. The molecule has 0 saturated carbocycles. The van der Waals surface area contributed by atoms with Gasteiger partial charge in [-0.3, -0.25) is 0 Å². The van der Waals surface area contributed by atoms with Crippen molar-refractivity contribution >= 4 is 33.0 Å². The number of thiophene rings is 1. The van der Waals surface area contributed by atoms with E-state index in [1.165, 1.54) is 29.5 Å². The zero-order chi connectivity index (χ0) is 13.9. The molecular weight excluding hydrogens is 304 g/mol. The minimum atomic E-state index is -3.73. The van der Waals surface area contributed by atoms with Gasteiger partial charge in [0.15, 0.2) is 0 Å². The maximum Gasteiger partial charge on any atom is 0.242 e. The number of halogens is 1. The molecule has 0 aliphatic rings. The predicted molar refractivity (Wildman–Crippen MR) is 74.5 cm³/mol.